The summed E-state index contributed by atoms with van der Waals surface area (Å²) < 4.78 is 1.56. The largest absolute Gasteiger partial charge is 0.477 e. The molecule has 0 bridgehead atoms. The third-order valence-corrected chi connectivity index (χ3v) is 2.31. The molecule has 0 amide bonds. The van der Waals surface area contributed by atoms with Crippen molar-refractivity contribution in [1.29, 1.82) is 0 Å². The molecule has 0 saturated carbocycles. The highest BCUT2D eigenvalue weighted by Crippen LogP contribution is 2.16. The number of nitrogens with zero attached hydrogens (tertiary/aromatic N) is 3. The molecular weight excluding hydrogens is 196 g/mol. The van der Waals surface area contributed by atoms with Crippen LogP contribution in [0.1, 0.15) is 10.5 Å². The number of hydrogen-bond acceptors (Lipinski definition) is 3. The van der Waals surface area contributed by atoms with Crippen LogP contribution in [0.15, 0.2) is 24.3 Å². The number of nitrogens with one attached hydrogen (secondary N) is 1. The van der Waals surface area contributed by atoms with E-state index >= 15 is 0 Å². The fourth-order valence-corrected chi connectivity index (χ4v) is 1.66. The molecule has 0 aliphatic rings. The smallest absolute Gasteiger partial charge is 0.352 e. The number of carbonyl (C=O) groups is 1. The normalized spacial score (nSPS) is 11.2. The minimum absolute atomic E-state index is 0.185. The summed E-state index contributed by atoms with van der Waals surface area (Å²) in [4.78, 5) is 11.0. The zero-order valence-electron chi connectivity index (χ0n) is 7.51. The van der Waals surface area contributed by atoms with Gasteiger partial charge in [-0.3, -0.25) is 4.40 Å². The Balaban J connectivity index is 2.57. The summed E-state index contributed by atoms with van der Waals surface area (Å²) in [7, 11) is 0. The Kier molecular flexibility index (Phi) is 1.37. The minimum Gasteiger partial charge on any atom is -0.477 e. The predicted molar refractivity (Wildman–Crippen MR) is 51.8 cm³/mol. The molecule has 2 N–H and O–H groups in total. The third kappa shape index (κ3) is 0.954. The number of aromatic amines is 1. The number of pyridine rings is 1. The van der Waals surface area contributed by atoms with Crippen LogP contribution in [0, 0.1) is 0 Å². The molecule has 74 valence electrons. The molecule has 3 aromatic heterocycles. The lowest BCUT2D eigenvalue weighted by molar-refractivity contribution is 0.0690. The molecule has 3 heterocycles. The standard InChI is InChI=1S/C9H6N4O2/c14-9(15)7-4-2-5-1-3-6-8(13(5)7)11-12-10-6/h1-4H,(H,14,15)(H,10,11,12). The van der Waals surface area contributed by atoms with Crippen LogP contribution in [0.5, 0.6) is 0 Å². The van der Waals surface area contributed by atoms with Crippen LogP contribution in [0.4, 0.5) is 0 Å². The number of carboxylic acids is 1. The highest BCUT2D eigenvalue weighted by atomic mass is 16.4. The molecule has 0 aromatic carbocycles. The number of carboxylic acid groups (broad SMARTS) is 1. The van der Waals surface area contributed by atoms with Crippen molar-refractivity contribution < 1.29 is 9.90 Å². The zero-order chi connectivity index (χ0) is 10.4. The van der Waals surface area contributed by atoms with Crippen molar-refractivity contribution in [2.45, 2.75) is 0 Å². The van der Waals surface area contributed by atoms with Gasteiger partial charge in [0.2, 0.25) is 0 Å². The molecular formula is C9H6N4O2. The SMILES string of the molecule is O=C(O)c1ccc2ccc3n[nH]nc3n12. The van der Waals surface area contributed by atoms with Crippen molar-refractivity contribution >= 4 is 22.6 Å². The summed E-state index contributed by atoms with van der Waals surface area (Å²) >= 11 is 0. The van der Waals surface area contributed by atoms with E-state index in [1.165, 1.54) is 0 Å². The van der Waals surface area contributed by atoms with E-state index in [1.54, 1.807) is 28.7 Å². The molecule has 3 rings (SSSR count). The van der Waals surface area contributed by atoms with Gasteiger partial charge in [-0.1, -0.05) is 0 Å². The predicted octanol–water partition coefficient (Wildman–Crippen LogP) is 0.909. The number of fused-ring (bicyclic) bond motifs is 3. The molecule has 0 atom stereocenters. The van der Waals surface area contributed by atoms with Crippen molar-refractivity contribution in [3.63, 3.8) is 0 Å². The Morgan fingerprint density at radius 3 is 2.87 bits per heavy atom. The maximum absolute atomic E-state index is 11.0. The Morgan fingerprint density at radius 2 is 2.07 bits per heavy atom. The molecule has 15 heavy (non-hydrogen) atoms. The van der Waals surface area contributed by atoms with Gasteiger partial charge in [0.25, 0.3) is 0 Å². The molecule has 0 saturated heterocycles. The van der Waals surface area contributed by atoms with Crippen LogP contribution < -0.4 is 0 Å². The molecule has 0 spiro atoms. The van der Waals surface area contributed by atoms with E-state index in [-0.39, 0.29) is 5.69 Å². The summed E-state index contributed by atoms with van der Waals surface area (Å²) in [5, 5.41) is 19.3. The van der Waals surface area contributed by atoms with Crippen LogP contribution in [-0.4, -0.2) is 30.9 Å². The number of rotatable bonds is 1. The first-order valence-electron chi connectivity index (χ1n) is 4.31. The highest BCUT2D eigenvalue weighted by molar-refractivity contribution is 5.90. The lowest BCUT2D eigenvalue weighted by Gasteiger charge is -1.97. The quantitative estimate of drug-likeness (QED) is 0.614. The first-order chi connectivity index (χ1) is 7.27. The fraction of sp³-hybridized carbons (Fsp3) is 0. The second-order valence-corrected chi connectivity index (χ2v) is 3.15. The first-order valence-corrected chi connectivity index (χ1v) is 4.31. The van der Waals surface area contributed by atoms with Crippen molar-refractivity contribution in [3.8, 4) is 0 Å². The Bertz CT molecular complexity index is 667. The van der Waals surface area contributed by atoms with Gasteiger partial charge in [0.1, 0.15) is 11.2 Å². The van der Waals surface area contributed by atoms with Gasteiger partial charge in [0, 0.05) is 5.52 Å². The summed E-state index contributed by atoms with van der Waals surface area (Å²) in [5.41, 5.74) is 2.13. The average Bonchev–Trinajstić information content (AvgIpc) is 2.82. The van der Waals surface area contributed by atoms with Crippen LogP contribution in [0.2, 0.25) is 0 Å². The summed E-state index contributed by atoms with van der Waals surface area (Å²) in [6.45, 7) is 0. The zero-order valence-corrected chi connectivity index (χ0v) is 7.51. The average molecular weight is 202 g/mol. The molecule has 0 aliphatic carbocycles. The summed E-state index contributed by atoms with van der Waals surface area (Å²) in [5.74, 6) is -0.981. The summed E-state index contributed by atoms with van der Waals surface area (Å²) in [6, 6.07) is 6.88. The minimum atomic E-state index is -0.981. The van der Waals surface area contributed by atoms with E-state index in [0.29, 0.717) is 11.2 Å². The number of H-pyrrole nitrogens is 1. The monoisotopic (exact) mass is 202 g/mol. The van der Waals surface area contributed by atoms with Gasteiger partial charge in [-0.2, -0.15) is 10.3 Å². The Labute approximate surface area is 83.1 Å². The third-order valence-electron chi connectivity index (χ3n) is 2.31. The lowest BCUT2D eigenvalue weighted by Crippen LogP contribution is -2.02. The van der Waals surface area contributed by atoms with Crippen LogP contribution >= 0.6 is 0 Å². The topological polar surface area (TPSA) is 83.3 Å². The van der Waals surface area contributed by atoms with E-state index in [0.717, 1.165) is 5.52 Å². The fourth-order valence-electron chi connectivity index (χ4n) is 1.66. The molecule has 0 fully saturated rings. The van der Waals surface area contributed by atoms with E-state index in [1.807, 2.05) is 0 Å². The van der Waals surface area contributed by atoms with Crippen LogP contribution in [0.25, 0.3) is 16.7 Å². The van der Waals surface area contributed by atoms with Gasteiger partial charge >= 0.3 is 5.97 Å². The molecule has 6 heteroatoms. The molecule has 0 unspecified atom stereocenters. The molecule has 6 nitrogen and oxygen atoms in total. The summed E-state index contributed by atoms with van der Waals surface area (Å²) in [6.07, 6.45) is 0. The van der Waals surface area contributed by atoms with E-state index in [2.05, 4.69) is 15.4 Å². The number of aromatic carboxylic acids is 1. The van der Waals surface area contributed by atoms with Crippen molar-refractivity contribution in [1.82, 2.24) is 19.8 Å². The van der Waals surface area contributed by atoms with Gasteiger partial charge in [-0.05, 0) is 24.3 Å². The molecule has 3 aromatic rings. The van der Waals surface area contributed by atoms with Gasteiger partial charge in [0.15, 0.2) is 5.65 Å². The Morgan fingerprint density at radius 1 is 1.27 bits per heavy atom. The van der Waals surface area contributed by atoms with Gasteiger partial charge in [-0.25, -0.2) is 4.79 Å². The van der Waals surface area contributed by atoms with Crippen molar-refractivity contribution in [3.05, 3.63) is 30.0 Å². The van der Waals surface area contributed by atoms with Crippen LogP contribution in [0.3, 0.4) is 0 Å². The van der Waals surface area contributed by atoms with Crippen molar-refractivity contribution in [2.24, 2.45) is 0 Å². The second-order valence-electron chi connectivity index (χ2n) is 3.15. The Hall–Kier alpha value is -2.37. The maximum Gasteiger partial charge on any atom is 0.352 e. The van der Waals surface area contributed by atoms with Crippen LogP contribution in [-0.2, 0) is 0 Å². The second kappa shape index (κ2) is 2.57. The lowest BCUT2D eigenvalue weighted by atomic mass is 10.4. The first kappa shape index (κ1) is 7.98. The van der Waals surface area contributed by atoms with Gasteiger partial charge in [-0.15, -0.1) is 5.10 Å². The number of aromatic nitrogens is 4. The highest BCUT2D eigenvalue weighted by Gasteiger charge is 2.12. The van der Waals surface area contributed by atoms with E-state index < -0.39 is 5.97 Å². The van der Waals surface area contributed by atoms with Gasteiger partial charge < -0.3 is 5.11 Å². The number of hydrogen-bond donors (Lipinski definition) is 2. The van der Waals surface area contributed by atoms with Crippen molar-refractivity contribution in [2.75, 3.05) is 0 Å². The maximum atomic E-state index is 11.0. The molecule has 0 aliphatic heterocycles. The molecule has 0 radical (unpaired) electrons. The van der Waals surface area contributed by atoms with E-state index in [4.69, 9.17) is 5.11 Å². The van der Waals surface area contributed by atoms with E-state index in [9.17, 15) is 4.79 Å². The van der Waals surface area contributed by atoms with Gasteiger partial charge in [0.05, 0.1) is 0 Å².